The van der Waals surface area contributed by atoms with E-state index in [-0.39, 0.29) is 35.8 Å². The number of nitrogens with one attached hydrogen (secondary N) is 2. The topological polar surface area (TPSA) is 80.2 Å². The van der Waals surface area contributed by atoms with Crippen molar-refractivity contribution in [2.45, 2.75) is 12.8 Å². The van der Waals surface area contributed by atoms with Crippen LogP contribution >= 0.6 is 24.0 Å². The van der Waals surface area contributed by atoms with E-state index in [0.717, 1.165) is 50.7 Å². The summed E-state index contributed by atoms with van der Waals surface area (Å²) in [6, 6.07) is 7.44. The Kier molecular flexibility index (Phi) is 7.80. The fourth-order valence-electron chi connectivity index (χ4n) is 3.07. The van der Waals surface area contributed by atoms with E-state index < -0.39 is 0 Å². The van der Waals surface area contributed by atoms with E-state index >= 15 is 0 Å². The Morgan fingerprint density at radius 3 is 2.42 bits per heavy atom. The molecule has 1 saturated carbocycles. The van der Waals surface area contributed by atoms with E-state index in [2.05, 4.69) is 25.4 Å². The fraction of sp³-hybridized carbons (Fsp3) is 0.556. The lowest BCUT2D eigenvalue weighted by Gasteiger charge is -2.37. The number of hydrogen-bond acceptors (Lipinski definition) is 4. The van der Waals surface area contributed by atoms with Crippen LogP contribution in [0.5, 0.6) is 5.75 Å². The minimum Gasteiger partial charge on any atom is -0.506 e. The number of aromatic hydroxyl groups is 1. The number of benzene rings is 1. The molecule has 144 valence electrons. The van der Waals surface area contributed by atoms with Crippen molar-refractivity contribution in [3.63, 3.8) is 0 Å². The summed E-state index contributed by atoms with van der Waals surface area (Å²) in [7, 11) is 1.78. The molecule has 0 bridgehead atoms. The quantitative estimate of drug-likeness (QED) is 0.260. The zero-order valence-corrected chi connectivity index (χ0v) is 17.5. The average Bonchev–Trinajstić information content (AvgIpc) is 3.48. The molecule has 1 saturated heterocycles. The highest BCUT2D eigenvalue weighted by atomic mass is 127. The van der Waals surface area contributed by atoms with E-state index in [1.54, 1.807) is 13.1 Å². The molecule has 3 N–H and O–H groups in total. The molecule has 0 unspecified atom stereocenters. The number of aliphatic imine (C=N–C) groups is 1. The van der Waals surface area contributed by atoms with Gasteiger partial charge in [0, 0.05) is 52.2 Å². The average molecular weight is 473 g/mol. The van der Waals surface area contributed by atoms with Gasteiger partial charge < -0.3 is 25.5 Å². The molecule has 26 heavy (non-hydrogen) atoms. The first-order chi connectivity index (χ1) is 12.2. The zero-order valence-electron chi connectivity index (χ0n) is 15.1. The highest BCUT2D eigenvalue weighted by Crippen LogP contribution is 2.28. The van der Waals surface area contributed by atoms with Crippen molar-refractivity contribution in [1.29, 1.82) is 0 Å². The molecule has 1 heterocycles. The van der Waals surface area contributed by atoms with Crippen molar-refractivity contribution in [3.05, 3.63) is 24.3 Å². The minimum atomic E-state index is 0. The second-order valence-corrected chi connectivity index (χ2v) is 6.50. The lowest BCUT2D eigenvalue weighted by atomic mass is 10.2. The summed E-state index contributed by atoms with van der Waals surface area (Å²) in [5, 5.41) is 16.3. The molecule has 8 heteroatoms. The first-order valence-corrected chi connectivity index (χ1v) is 8.95. The number of carbonyl (C=O) groups excluding carboxylic acids is 1. The van der Waals surface area contributed by atoms with Gasteiger partial charge in [-0.15, -0.1) is 24.0 Å². The monoisotopic (exact) mass is 473 g/mol. The number of phenolic OH excluding ortho intramolecular Hbond substituents is 1. The van der Waals surface area contributed by atoms with Gasteiger partial charge in [0.15, 0.2) is 5.96 Å². The number of amides is 1. The molecule has 1 aliphatic carbocycles. The van der Waals surface area contributed by atoms with Crippen molar-refractivity contribution < 1.29 is 9.90 Å². The van der Waals surface area contributed by atoms with Gasteiger partial charge in [0.1, 0.15) is 5.75 Å². The minimum absolute atomic E-state index is 0. The molecular weight excluding hydrogens is 445 g/mol. The van der Waals surface area contributed by atoms with Crippen LogP contribution in [0.4, 0.5) is 5.69 Å². The Hall–Kier alpha value is -1.71. The number of piperazine rings is 1. The van der Waals surface area contributed by atoms with Crippen LogP contribution in [-0.4, -0.2) is 68.2 Å². The number of rotatable bonds is 5. The van der Waals surface area contributed by atoms with E-state index in [1.807, 2.05) is 18.2 Å². The molecule has 0 atom stereocenters. The summed E-state index contributed by atoms with van der Waals surface area (Å²) in [6.45, 7) is 4.62. The maximum absolute atomic E-state index is 11.6. The summed E-state index contributed by atoms with van der Waals surface area (Å²) >= 11 is 0. The van der Waals surface area contributed by atoms with E-state index in [0.29, 0.717) is 18.8 Å². The Morgan fingerprint density at radius 2 is 1.81 bits per heavy atom. The largest absolute Gasteiger partial charge is 0.506 e. The van der Waals surface area contributed by atoms with Crippen LogP contribution in [0.15, 0.2) is 29.3 Å². The lowest BCUT2D eigenvalue weighted by molar-refractivity contribution is -0.122. The third kappa shape index (κ3) is 5.39. The third-order valence-corrected chi connectivity index (χ3v) is 4.67. The van der Waals surface area contributed by atoms with E-state index in [4.69, 9.17) is 0 Å². The molecule has 1 aromatic rings. The van der Waals surface area contributed by atoms with E-state index in [1.165, 1.54) is 0 Å². The second kappa shape index (κ2) is 9.84. The van der Waals surface area contributed by atoms with Crippen LogP contribution in [0.1, 0.15) is 12.8 Å². The summed E-state index contributed by atoms with van der Waals surface area (Å²) in [5.41, 5.74) is 0.882. The summed E-state index contributed by atoms with van der Waals surface area (Å²) in [6.07, 6.45) is 2.06. The second-order valence-electron chi connectivity index (χ2n) is 6.50. The van der Waals surface area contributed by atoms with Crippen molar-refractivity contribution >= 4 is 41.5 Å². The van der Waals surface area contributed by atoms with Gasteiger partial charge in [-0.1, -0.05) is 12.1 Å². The standard InChI is InChI=1S/C18H27N5O2.HI/c1-19-18(21-9-8-20-17(25)14-6-7-14)23-12-10-22(11-13-23)15-4-2-3-5-16(15)24;/h2-5,14,24H,6-13H2,1H3,(H,19,21)(H,20,25);1H. The number of phenols is 1. The van der Waals surface area contributed by atoms with Crippen LogP contribution in [-0.2, 0) is 4.79 Å². The lowest BCUT2D eigenvalue weighted by Crippen LogP contribution is -2.53. The van der Waals surface area contributed by atoms with Gasteiger partial charge in [0.05, 0.1) is 5.69 Å². The Bertz CT molecular complexity index is 628. The molecule has 7 nitrogen and oxygen atoms in total. The van der Waals surface area contributed by atoms with Gasteiger partial charge in [-0.25, -0.2) is 0 Å². The number of halogens is 1. The number of nitrogens with zero attached hydrogens (tertiary/aromatic N) is 3. The maximum atomic E-state index is 11.6. The van der Waals surface area contributed by atoms with Crippen LogP contribution in [0.3, 0.4) is 0 Å². The summed E-state index contributed by atoms with van der Waals surface area (Å²) in [5.74, 6) is 1.61. The van der Waals surface area contributed by atoms with Crippen molar-refractivity contribution in [2.75, 3.05) is 51.2 Å². The number of para-hydroxylation sites is 2. The maximum Gasteiger partial charge on any atom is 0.223 e. The molecule has 1 amide bonds. The summed E-state index contributed by atoms with van der Waals surface area (Å²) in [4.78, 5) is 20.4. The van der Waals surface area contributed by atoms with Crippen LogP contribution < -0.4 is 15.5 Å². The smallest absolute Gasteiger partial charge is 0.223 e. The molecule has 3 rings (SSSR count). The van der Waals surface area contributed by atoms with Gasteiger partial charge in [0.2, 0.25) is 5.91 Å². The van der Waals surface area contributed by atoms with Crippen LogP contribution in [0.25, 0.3) is 0 Å². The molecular formula is C18H28IN5O2. The first kappa shape index (κ1) is 20.6. The first-order valence-electron chi connectivity index (χ1n) is 8.95. The van der Waals surface area contributed by atoms with Crippen molar-refractivity contribution in [1.82, 2.24) is 15.5 Å². The zero-order chi connectivity index (χ0) is 17.6. The Balaban J connectivity index is 0.00000243. The van der Waals surface area contributed by atoms with Crippen molar-refractivity contribution in [2.24, 2.45) is 10.9 Å². The molecule has 0 aromatic heterocycles. The fourth-order valence-corrected chi connectivity index (χ4v) is 3.07. The number of anilines is 1. The van der Waals surface area contributed by atoms with Crippen LogP contribution in [0, 0.1) is 5.92 Å². The van der Waals surface area contributed by atoms with Gasteiger partial charge in [-0.2, -0.15) is 0 Å². The normalized spacial score (nSPS) is 17.5. The molecule has 0 radical (unpaired) electrons. The Labute approximate surface area is 171 Å². The summed E-state index contributed by atoms with van der Waals surface area (Å²) < 4.78 is 0. The molecule has 0 spiro atoms. The van der Waals surface area contributed by atoms with Gasteiger partial charge >= 0.3 is 0 Å². The molecule has 1 aromatic carbocycles. The number of guanidine groups is 1. The van der Waals surface area contributed by atoms with Gasteiger partial charge in [-0.3, -0.25) is 9.79 Å². The van der Waals surface area contributed by atoms with E-state index in [9.17, 15) is 9.90 Å². The third-order valence-electron chi connectivity index (χ3n) is 4.67. The predicted octanol–water partition coefficient (Wildman–Crippen LogP) is 1.23. The molecule has 2 aliphatic rings. The van der Waals surface area contributed by atoms with Gasteiger partial charge in [0.25, 0.3) is 0 Å². The predicted molar refractivity (Wildman–Crippen MR) is 114 cm³/mol. The van der Waals surface area contributed by atoms with Crippen molar-refractivity contribution in [3.8, 4) is 5.75 Å². The van der Waals surface area contributed by atoms with Crippen LogP contribution in [0.2, 0.25) is 0 Å². The molecule has 2 fully saturated rings. The Morgan fingerprint density at radius 1 is 1.15 bits per heavy atom. The van der Waals surface area contributed by atoms with Gasteiger partial charge in [-0.05, 0) is 25.0 Å². The number of carbonyl (C=O) groups is 1. The highest BCUT2D eigenvalue weighted by molar-refractivity contribution is 14.0. The number of hydrogen-bond donors (Lipinski definition) is 3. The molecule has 1 aliphatic heterocycles. The SMILES string of the molecule is CN=C(NCCNC(=O)C1CC1)N1CCN(c2ccccc2O)CC1.I. The highest BCUT2D eigenvalue weighted by Gasteiger charge is 2.29.